The highest BCUT2D eigenvalue weighted by atomic mass is 16.2. The Hall–Kier alpha value is -2.17. The number of nitrogens with zero attached hydrogens (tertiary/aromatic N) is 1. The molecule has 0 unspecified atom stereocenters. The van der Waals surface area contributed by atoms with Crippen LogP contribution < -0.4 is 10.6 Å². The van der Waals surface area contributed by atoms with Crippen LogP contribution in [0.4, 0.5) is 5.69 Å². The number of nitrogens with one attached hydrogen (secondary N) is 2. The number of aromatic nitrogens is 1. The summed E-state index contributed by atoms with van der Waals surface area (Å²) in [5, 5.41) is 5.44. The Morgan fingerprint density at radius 2 is 1.85 bits per heavy atom. The van der Waals surface area contributed by atoms with E-state index < -0.39 is 0 Å². The molecule has 1 aromatic rings. The van der Waals surface area contributed by atoms with Crippen LogP contribution in [0.1, 0.15) is 45.4 Å². The summed E-state index contributed by atoms with van der Waals surface area (Å²) >= 11 is 0. The number of carbonyl (C=O) groups excluding carboxylic acids is 2. The minimum atomic E-state index is -0.243. The monoisotopic (exact) mass is 353 g/mol. The van der Waals surface area contributed by atoms with Crippen molar-refractivity contribution in [3.05, 3.63) is 36.2 Å². The SMILES string of the molecule is C/C(=C/C(=O)NCC(=O)Nc1cccnc1)C12CC3CC(CC(C3)C1)C2. The molecule has 5 nitrogen and oxygen atoms in total. The second-order valence-electron chi connectivity index (χ2n) is 8.53. The Balaban J connectivity index is 1.33. The molecule has 0 aromatic carbocycles. The van der Waals surface area contributed by atoms with Crippen molar-refractivity contribution >= 4 is 17.5 Å². The first-order valence-electron chi connectivity index (χ1n) is 9.69. The van der Waals surface area contributed by atoms with Gasteiger partial charge in [0.15, 0.2) is 0 Å². The minimum Gasteiger partial charge on any atom is -0.343 e. The van der Waals surface area contributed by atoms with Gasteiger partial charge in [0.25, 0.3) is 0 Å². The molecule has 0 saturated heterocycles. The average Bonchev–Trinajstić information content (AvgIpc) is 2.60. The van der Waals surface area contributed by atoms with Crippen LogP contribution in [0.15, 0.2) is 36.2 Å². The fraction of sp³-hybridized carbons (Fsp3) is 0.571. The Bertz CT molecular complexity index is 691. The normalized spacial score (nSPS) is 32.3. The highest BCUT2D eigenvalue weighted by molar-refractivity contribution is 5.96. The lowest BCUT2D eigenvalue weighted by atomic mass is 9.48. The van der Waals surface area contributed by atoms with Crippen molar-refractivity contribution in [2.24, 2.45) is 23.2 Å². The standard InChI is InChI=1S/C21H27N3O2/c1-14(21-9-15-6-16(10-21)8-17(7-15)11-21)5-19(25)23-13-20(26)24-18-3-2-4-22-12-18/h2-5,12,15-17H,6-11,13H2,1H3,(H,23,25)(H,24,26)/b14-5-. The van der Waals surface area contributed by atoms with Gasteiger partial charge in [0.1, 0.15) is 0 Å². The lowest BCUT2D eigenvalue weighted by Gasteiger charge is -2.57. The van der Waals surface area contributed by atoms with E-state index in [1.165, 1.54) is 44.1 Å². The zero-order valence-electron chi connectivity index (χ0n) is 15.3. The second-order valence-corrected chi connectivity index (χ2v) is 8.53. The van der Waals surface area contributed by atoms with E-state index >= 15 is 0 Å². The number of hydrogen-bond donors (Lipinski definition) is 2. The van der Waals surface area contributed by atoms with Gasteiger partial charge in [-0.2, -0.15) is 0 Å². The van der Waals surface area contributed by atoms with E-state index in [9.17, 15) is 9.59 Å². The van der Waals surface area contributed by atoms with Gasteiger partial charge in [-0.1, -0.05) is 5.57 Å². The van der Waals surface area contributed by atoms with E-state index in [1.54, 1.807) is 30.6 Å². The van der Waals surface area contributed by atoms with Crippen LogP contribution in [0.2, 0.25) is 0 Å². The van der Waals surface area contributed by atoms with Gasteiger partial charge >= 0.3 is 0 Å². The maximum atomic E-state index is 12.3. The number of allylic oxidation sites excluding steroid dienone is 1. The van der Waals surface area contributed by atoms with Crippen molar-refractivity contribution in [1.82, 2.24) is 10.3 Å². The van der Waals surface area contributed by atoms with Gasteiger partial charge in [-0.15, -0.1) is 0 Å². The predicted octanol–water partition coefficient (Wildman–Crippen LogP) is 3.30. The smallest absolute Gasteiger partial charge is 0.244 e. The van der Waals surface area contributed by atoms with Crippen LogP contribution in [0.5, 0.6) is 0 Å². The van der Waals surface area contributed by atoms with Crippen molar-refractivity contribution < 1.29 is 9.59 Å². The first-order valence-corrected chi connectivity index (χ1v) is 9.69. The molecule has 0 spiro atoms. The molecule has 4 fully saturated rings. The lowest BCUT2D eigenvalue weighted by molar-refractivity contribution is -0.121. The van der Waals surface area contributed by atoms with Crippen LogP contribution in [0.3, 0.4) is 0 Å². The fourth-order valence-corrected chi connectivity index (χ4v) is 5.80. The van der Waals surface area contributed by atoms with E-state index in [2.05, 4.69) is 22.5 Å². The molecule has 4 saturated carbocycles. The van der Waals surface area contributed by atoms with Crippen molar-refractivity contribution in [1.29, 1.82) is 0 Å². The zero-order chi connectivity index (χ0) is 18.1. The van der Waals surface area contributed by atoms with Gasteiger partial charge in [0.2, 0.25) is 11.8 Å². The van der Waals surface area contributed by atoms with Gasteiger partial charge in [-0.05, 0) is 80.8 Å². The topological polar surface area (TPSA) is 71.1 Å². The molecule has 26 heavy (non-hydrogen) atoms. The Morgan fingerprint density at radius 3 is 2.42 bits per heavy atom. The molecule has 1 heterocycles. The van der Waals surface area contributed by atoms with E-state index in [-0.39, 0.29) is 23.8 Å². The first kappa shape index (κ1) is 17.3. The van der Waals surface area contributed by atoms with Gasteiger partial charge < -0.3 is 10.6 Å². The molecule has 0 aliphatic heterocycles. The highest BCUT2D eigenvalue weighted by Gasteiger charge is 2.51. The first-order chi connectivity index (χ1) is 12.5. The quantitative estimate of drug-likeness (QED) is 0.798. The van der Waals surface area contributed by atoms with Crippen LogP contribution in [0.25, 0.3) is 0 Å². The van der Waals surface area contributed by atoms with Crippen LogP contribution in [0, 0.1) is 23.2 Å². The van der Waals surface area contributed by atoms with Gasteiger partial charge in [-0.25, -0.2) is 0 Å². The molecule has 5 heteroatoms. The number of anilines is 1. The number of carbonyl (C=O) groups is 2. The maximum Gasteiger partial charge on any atom is 0.244 e. The molecule has 5 rings (SSSR count). The fourth-order valence-electron chi connectivity index (χ4n) is 5.80. The van der Waals surface area contributed by atoms with Crippen LogP contribution >= 0.6 is 0 Å². The Morgan fingerprint density at radius 1 is 1.19 bits per heavy atom. The second kappa shape index (κ2) is 6.86. The molecular formula is C21H27N3O2. The summed E-state index contributed by atoms with van der Waals surface area (Å²) in [5.41, 5.74) is 2.08. The Kier molecular flexibility index (Phi) is 4.55. The number of amides is 2. The summed E-state index contributed by atoms with van der Waals surface area (Å²) in [7, 11) is 0. The molecule has 138 valence electrons. The summed E-state index contributed by atoms with van der Waals surface area (Å²) in [6.45, 7) is 2.08. The molecule has 4 bridgehead atoms. The van der Waals surface area contributed by atoms with Crippen LogP contribution in [-0.2, 0) is 9.59 Å². The zero-order valence-corrected chi connectivity index (χ0v) is 15.3. The molecule has 0 atom stereocenters. The maximum absolute atomic E-state index is 12.3. The molecular weight excluding hydrogens is 326 g/mol. The molecule has 2 N–H and O–H groups in total. The van der Waals surface area contributed by atoms with Gasteiger partial charge in [0, 0.05) is 12.3 Å². The third kappa shape index (κ3) is 3.53. The number of hydrogen-bond acceptors (Lipinski definition) is 3. The van der Waals surface area contributed by atoms with Gasteiger partial charge in [0.05, 0.1) is 18.4 Å². The number of rotatable bonds is 5. The molecule has 4 aliphatic rings. The third-order valence-electron chi connectivity index (χ3n) is 6.59. The summed E-state index contributed by atoms with van der Waals surface area (Å²) in [6.07, 6.45) is 12.9. The minimum absolute atomic E-state index is 0.0294. The van der Waals surface area contributed by atoms with E-state index in [0.717, 1.165) is 17.8 Å². The van der Waals surface area contributed by atoms with E-state index in [0.29, 0.717) is 5.69 Å². The van der Waals surface area contributed by atoms with Crippen molar-refractivity contribution in [2.45, 2.75) is 45.4 Å². The van der Waals surface area contributed by atoms with Crippen molar-refractivity contribution in [3.63, 3.8) is 0 Å². The van der Waals surface area contributed by atoms with Crippen molar-refractivity contribution in [2.75, 3.05) is 11.9 Å². The highest BCUT2D eigenvalue weighted by Crippen LogP contribution is 2.62. The average molecular weight is 353 g/mol. The summed E-state index contributed by atoms with van der Waals surface area (Å²) in [4.78, 5) is 28.2. The predicted molar refractivity (Wildman–Crippen MR) is 100 cm³/mol. The van der Waals surface area contributed by atoms with Crippen molar-refractivity contribution in [3.8, 4) is 0 Å². The van der Waals surface area contributed by atoms with E-state index in [1.807, 2.05) is 0 Å². The summed E-state index contributed by atoms with van der Waals surface area (Å²) in [5.74, 6) is 2.17. The largest absolute Gasteiger partial charge is 0.343 e. The van der Waals surface area contributed by atoms with E-state index in [4.69, 9.17) is 0 Å². The molecule has 2 amide bonds. The molecule has 0 radical (unpaired) electrons. The lowest BCUT2D eigenvalue weighted by Crippen LogP contribution is -2.46. The van der Waals surface area contributed by atoms with Crippen LogP contribution in [-0.4, -0.2) is 23.3 Å². The molecule has 4 aliphatic carbocycles. The van der Waals surface area contributed by atoms with Gasteiger partial charge in [-0.3, -0.25) is 14.6 Å². The number of pyridine rings is 1. The molecule has 1 aromatic heterocycles. The third-order valence-corrected chi connectivity index (χ3v) is 6.59. The summed E-state index contributed by atoms with van der Waals surface area (Å²) in [6, 6.07) is 3.52. The summed E-state index contributed by atoms with van der Waals surface area (Å²) < 4.78 is 0. The Labute approximate surface area is 154 Å².